The second kappa shape index (κ2) is 6.87. The fraction of sp³-hybridized carbons (Fsp3) is 0.214. The van der Waals surface area contributed by atoms with Gasteiger partial charge in [-0.05, 0) is 40.5 Å². The van der Waals surface area contributed by atoms with Crippen LogP contribution in [0.3, 0.4) is 0 Å². The van der Waals surface area contributed by atoms with E-state index in [1.807, 2.05) is 25.1 Å². The molecule has 0 unspecified atom stereocenters. The molecule has 0 spiro atoms. The van der Waals surface area contributed by atoms with Crippen molar-refractivity contribution in [1.82, 2.24) is 9.97 Å². The Morgan fingerprint density at radius 3 is 2.70 bits per heavy atom. The summed E-state index contributed by atoms with van der Waals surface area (Å²) < 4.78 is 0.804. The van der Waals surface area contributed by atoms with Gasteiger partial charge in [-0.3, -0.25) is 0 Å². The highest BCUT2D eigenvalue weighted by Gasteiger charge is 2.07. The summed E-state index contributed by atoms with van der Waals surface area (Å²) >= 11 is 3.48. The number of aromatic nitrogens is 2. The SMILES string of the molecule is CCNc1ncnc(NCc2cccc(C#N)c2)c1Br. The third-order valence-corrected chi connectivity index (χ3v) is 3.40. The minimum atomic E-state index is 0.594. The topological polar surface area (TPSA) is 73.6 Å². The van der Waals surface area contributed by atoms with Crippen LogP contribution in [0, 0.1) is 11.3 Å². The molecule has 20 heavy (non-hydrogen) atoms. The maximum atomic E-state index is 8.88. The van der Waals surface area contributed by atoms with E-state index < -0.39 is 0 Å². The molecule has 0 radical (unpaired) electrons. The molecule has 2 N–H and O–H groups in total. The summed E-state index contributed by atoms with van der Waals surface area (Å²) in [7, 11) is 0. The summed E-state index contributed by atoms with van der Waals surface area (Å²) in [5.74, 6) is 1.48. The third kappa shape index (κ3) is 3.45. The highest BCUT2D eigenvalue weighted by atomic mass is 79.9. The molecular formula is C14H14BrN5. The summed E-state index contributed by atoms with van der Waals surface area (Å²) in [5, 5.41) is 15.3. The Kier molecular flexibility index (Phi) is 4.91. The molecule has 0 atom stereocenters. The zero-order valence-corrected chi connectivity index (χ0v) is 12.6. The molecule has 0 bridgehead atoms. The maximum Gasteiger partial charge on any atom is 0.146 e. The zero-order valence-electron chi connectivity index (χ0n) is 11.0. The van der Waals surface area contributed by atoms with Crippen LogP contribution in [0.1, 0.15) is 18.1 Å². The van der Waals surface area contributed by atoms with Gasteiger partial charge in [0, 0.05) is 13.1 Å². The zero-order chi connectivity index (χ0) is 14.4. The number of nitriles is 1. The van der Waals surface area contributed by atoms with Crippen molar-refractivity contribution in [2.24, 2.45) is 0 Å². The first-order valence-corrected chi connectivity index (χ1v) is 7.01. The van der Waals surface area contributed by atoms with Crippen LogP contribution in [-0.2, 0) is 6.54 Å². The number of benzene rings is 1. The molecule has 1 aromatic carbocycles. The Morgan fingerprint density at radius 1 is 1.25 bits per heavy atom. The molecule has 1 aromatic heterocycles. The number of halogens is 1. The van der Waals surface area contributed by atoms with E-state index in [-0.39, 0.29) is 0 Å². The van der Waals surface area contributed by atoms with Crippen LogP contribution in [0.2, 0.25) is 0 Å². The Hall–Kier alpha value is -2.13. The summed E-state index contributed by atoms with van der Waals surface area (Å²) in [6.45, 7) is 3.39. The average molecular weight is 332 g/mol. The normalized spacial score (nSPS) is 9.85. The van der Waals surface area contributed by atoms with Crippen LogP contribution < -0.4 is 10.6 Å². The van der Waals surface area contributed by atoms with Crippen LogP contribution in [0.25, 0.3) is 0 Å². The molecule has 0 saturated heterocycles. The molecule has 0 aliphatic carbocycles. The van der Waals surface area contributed by atoms with Crippen molar-refractivity contribution < 1.29 is 0 Å². The van der Waals surface area contributed by atoms with Gasteiger partial charge in [-0.2, -0.15) is 5.26 Å². The molecule has 1 heterocycles. The minimum Gasteiger partial charge on any atom is -0.369 e. The Balaban J connectivity index is 2.11. The van der Waals surface area contributed by atoms with E-state index in [9.17, 15) is 0 Å². The quantitative estimate of drug-likeness (QED) is 0.880. The first kappa shape index (κ1) is 14.3. The Morgan fingerprint density at radius 2 is 2.00 bits per heavy atom. The largest absolute Gasteiger partial charge is 0.369 e. The molecule has 102 valence electrons. The highest BCUT2D eigenvalue weighted by Crippen LogP contribution is 2.26. The van der Waals surface area contributed by atoms with Gasteiger partial charge in [0.05, 0.1) is 11.6 Å². The van der Waals surface area contributed by atoms with Gasteiger partial charge in [0.15, 0.2) is 0 Å². The average Bonchev–Trinajstić information content (AvgIpc) is 2.48. The molecule has 0 amide bonds. The molecule has 6 heteroatoms. The molecule has 5 nitrogen and oxygen atoms in total. The van der Waals surface area contributed by atoms with E-state index in [0.717, 1.165) is 28.2 Å². The van der Waals surface area contributed by atoms with Crippen molar-refractivity contribution in [2.45, 2.75) is 13.5 Å². The van der Waals surface area contributed by atoms with Gasteiger partial charge in [-0.1, -0.05) is 12.1 Å². The van der Waals surface area contributed by atoms with E-state index in [4.69, 9.17) is 5.26 Å². The van der Waals surface area contributed by atoms with Gasteiger partial charge in [0.25, 0.3) is 0 Å². The van der Waals surface area contributed by atoms with Crippen LogP contribution in [-0.4, -0.2) is 16.5 Å². The first-order chi connectivity index (χ1) is 9.74. The summed E-state index contributed by atoms with van der Waals surface area (Å²) in [4.78, 5) is 8.36. The van der Waals surface area contributed by atoms with E-state index in [2.05, 4.69) is 42.6 Å². The molecule has 0 fully saturated rings. The predicted molar refractivity (Wildman–Crippen MR) is 82.4 cm³/mol. The summed E-state index contributed by atoms with van der Waals surface area (Å²) in [5.41, 5.74) is 1.68. The van der Waals surface area contributed by atoms with Gasteiger partial charge >= 0.3 is 0 Å². The highest BCUT2D eigenvalue weighted by molar-refractivity contribution is 9.10. The predicted octanol–water partition coefficient (Wildman–Crippen LogP) is 3.15. The van der Waals surface area contributed by atoms with E-state index in [1.54, 1.807) is 6.07 Å². The van der Waals surface area contributed by atoms with Crippen molar-refractivity contribution in [3.05, 3.63) is 46.2 Å². The number of nitrogens with one attached hydrogen (secondary N) is 2. The van der Waals surface area contributed by atoms with Crippen LogP contribution in [0.4, 0.5) is 11.6 Å². The Bertz CT molecular complexity index is 636. The molecule has 0 aliphatic heterocycles. The smallest absolute Gasteiger partial charge is 0.146 e. The molecule has 2 rings (SSSR count). The second-order valence-electron chi connectivity index (χ2n) is 4.08. The van der Waals surface area contributed by atoms with E-state index in [1.165, 1.54) is 6.33 Å². The van der Waals surface area contributed by atoms with Gasteiger partial charge in [0.1, 0.15) is 22.4 Å². The fourth-order valence-electron chi connectivity index (χ4n) is 1.72. The first-order valence-electron chi connectivity index (χ1n) is 6.22. The van der Waals surface area contributed by atoms with Crippen LogP contribution in [0.15, 0.2) is 35.1 Å². The minimum absolute atomic E-state index is 0.594. The monoisotopic (exact) mass is 331 g/mol. The Labute approximate surface area is 126 Å². The number of rotatable bonds is 5. The van der Waals surface area contributed by atoms with Crippen LogP contribution >= 0.6 is 15.9 Å². The van der Waals surface area contributed by atoms with E-state index >= 15 is 0 Å². The van der Waals surface area contributed by atoms with Gasteiger partial charge < -0.3 is 10.6 Å². The van der Waals surface area contributed by atoms with Crippen molar-refractivity contribution >= 4 is 27.6 Å². The molecule has 0 saturated carbocycles. The summed E-state index contributed by atoms with van der Waals surface area (Å²) in [6, 6.07) is 9.61. The standard InChI is InChI=1S/C14H14BrN5/c1-2-17-13-12(15)14(20-9-19-13)18-8-11-5-3-4-10(6-11)7-16/h3-6,9H,2,8H2,1H3,(H2,17,18,19,20). The van der Waals surface area contributed by atoms with Gasteiger partial charge in [0.2, 0.25) is 0 Å². The number of nitrogens with zero attached hydrogens (tertiary/aromatic N) is 3. The van der Waals surface area contributed by atoms with Crippen molar-refractivity contribution in [1.29, 1.82) is 5.26 Å². The fourth-order valence-corrected chi connectivity index (χ4v) is 2.21. The van der Waals surface area contributed by atoms with Crippen molar-refractivity contribution in [2.75, 3.05) is 17.2 Å². The lowest BCUT2D eigenvalue weighted by Crippen LogP contribution is -2.06. The lowest BCUT2D eigenvalue weighted by molar-refractivity contribution is 1.05. The lowest BCUT2D eigenvalue weighted by atomic mass is 10.1. The van der Waals surface area contributed by atoms with Crippen molar-refractivity contribution in [3.63, 3.8) is 0 Å². The van der Waals surface area contributed by atoms with Crippen molar-refractivity contribution in [3.8, 4) is 6.07 Å². The van der Waals surface area contributed by atoms with Gasteiger partial charge in [-0.25, -0.2) is 9.97 Å². The molecule has 2 aromatic rings. The number of hydrogen-bond donors (Lipinski definition) is 2. The number of hydrogen-bond acceptors (Lipinski definition) is 5. The summed E-state index contributed by atoms with van der Waals surface area (Å²) in [6.07, 6.45) is 1.51. The maximum absolute atomic E-state index is 8.88. The third-order valence-electron chi connectivity index (χ3n) is 2.65. The van der Waals surface area contributed by atoms with E-state index in [0.29, 0.717) is 12.1 Å². The lowest BCUT2D eigenvalue weighted by Gasteiger charge is -2.11. The van der Waals surface area contributed by atoms with Gasteiger partial charge in [-0.15, -0.1) is 0 Å². The van der Waals surface area contributed by atoms with Crippen LogP contribution in [0.5, 0.6) is 0 Å². The molecule has 0 aliphatic rings. The second-order valence-corrected chi connectivity index (χ2v) is 4.87. The number of anilines is 2. The molecular weight excluding hydrogens is 318 g/mol.